The molecule has 0 aliphatic heterocycles. The molecule has 0 radical (unpaired) electrons. The second-order valence-electron chi connectivity index (χ2n) is 18.0. The number of fused-ring (bicyclic) bond motifs is 9. The molecular weight excluding hydrogens is 803 g/mol. The van der Waals surface area contributed by atoms with Crippen LogP contribution in [0, 0.1) is 0 Å². The van der Waals surface area contributed by atoms with Gasteiger partial charge in [-0.2, -0.15) is 0 Å². The minimum Gasteiger partial charge on any atom is -0.456 e. The zero-order valence-electron chi connectivity index (χ0n) is 36.6. The molecule has 1 aliphatic rings. The predicted molar refractivity (Wildman–Crippen MR) is 275 cm³/mol. The molecule has 0 fully saturated rings. The molecule has 0 saturated heterocycles. The van der Waals surface area contributed by atoms with Crippen LogP contribution in [0.5, 0.6) is 0 Å². The van der Waals surface area contributed by atoms with Crippen LogP contribution in [0.25, 0.3) is 99.5 Å². The van der Waals surface area contributed by atoms with E-state index >= 15 is 0 Å². The van der Waals surface area contributed by atoms with Gasteiger partial charge in [0.15, 0.2) is 0 Å². The molecule has 0 unspecified atom stereocenters. The molecule has 1 aliphatic carbocycles. The van der Waals surface area contributed by atoms with Gasteiger partial charge in [0.25, 0.3) is 0 Å². The van der Waals surface area contributed by atoms with Gasteiger partial charge in [0.05, 0.1) is 5.69 Å². The van der Waals surface area contributed by atoms with Gasteiger partial charge in [-0.05, 0) is 117 Å². The average Bonchev–Trinajstić information content (AvgIpc) is 4.02. The lowest BCUT2D eigenvalue weighted by molar-refractivity contribution is 0.660. The van der Waals surface area contributed by atoms with E-state index in [1.807, 2.05) is 12.1 Å². The zero-order chi connectivity index (χ0) is 43.9. The lowest BCUT2D eigenvalue weighted by Crippen LogP contribution is -2.15. The molecule has 312 valence electrons. The standard InChI is InChI=1S/C63H43NO2/c1-63(2)52-25-13-9-22-46(52)51-39-44(33-36-53(51)63)64(54-26-14-10-21-45(54)40-17-5-3-6-18-40)43-31-29-42(30-32-43)60-48(35-38-58-62(60)50-24-12-16-28-56(50)66-58)47-34-37-57-61(49-23-11-15-27-55(49)65-57)59(47)41-19-7-4-8-20-41/h3-39H,1-2H3. The fraction of sp³-hybridized carbons (Fsp3) is 0.0476. The maximum Gasteiger partial charge on any atom is 0.136 e. The molecule has 10 aromatic carbocycles. The number of nitrogens with zero attached hydrogens (tertiary/aromatic N) is 1. The van der Waals surface area contributed by atoms with Crippen molar-refractivity contribution in [3.05, 3.63) is 236 Å². The average molecular weight is 846 g/mol. The highest BCUT2D eigenvalue weighted by Crippen LogP contribution is 2.53. The fourth-order valence-corrected chi connectivity index (χ4v) is 10.9. The second-order valence-corrected chi connectivity index (χ2v) is 18.0. The number of hydrogen-bond acceptors (Lipinski definition) is 3. The van der Waals surface area contributed by atoms with Crippen LogP contribution in [-0.4, -0.2) is 0 Å². The van der Waals surface area contributed by atoms with Gasteiger partial charge in [-0.25, -0.2) is 0 Å². The van der Waals surface area contributed by atoms with Gasteiger partial charge in [0.2, 0.25) is 0 Å². The van der Waals surface area contributed by atoms with E-state index in [1.165, 1.54) is 27.8 Å². The van der Waals surface area contributed by atoms with E-state index in [0.29, 0.717) is 0 Å². The first-order valence-corrected chi connectivity index (χ1v) is 22.7. The highest BCUT2D eigenvalue weighted by atomic mass is 16.3. The Morgan fingerprint density at radius 3 is 1.45 bits per heavy atom. The number of hydrogen-bond donors (Lipinski definition) is 0. The van der Waals surface area contributed by atoms with E-state index in [0.717, 1.165) is 99.9 Å². The Balaban J connectivity index is 1.05. The summed E-state index contributed by atoms with van der Waals surface area (Å²) in [6.07, 6.45) is 0. The highest BCUT2D eigenvalue weighted by molar-refractivity contribution is 6.20. The normalized spacial score (nSPS) is 12.8. The number of benzene rings is 10. The van der Waals surface area contributed by atoms with Crippen LogP contribution in [-0.2, 0) is 5.41 Å². The molecule has 12 aromatic rings. The van der Waals surface area contributed by atoms with Gasteiger partial charge in [-0.1, -0.05) is 172 Å². The van der Waals surface area contributed by atoms with Gasteiger partial charge in [-0.3, -0.25) is 0 Å². The summed E-state index contributed by atoms with van der Waals surface area (Å²) in [5, 5.41) is 4.40. The number of para-hydroxylation sites is 3. The van der Waals surface area contributed by atoms with Crippen LogP contribution in [0.2, 0.25) is 0 Å². The van der Waals surface area contributed by atoms with E-state index in [9.17, 15) is 0 Å². The van der Waals surface area contributed by atoms with Crippen molar-refractivity contribution in [2.24, 2.45) is 0 Å². The summed E-state index contributed by atoms with van der Waals surface area (Å²) in [7, 11) is 0. The van der Waals surface area contributed by atoms with Crippen LogP contribution in [0.1, 0.15) is 25.0 Å². The number of rotatable bonds is 7. The third kappa shape index (κ3) is 5.83. The maximum absolute atomic E-state index is 6.62. The van der Waals surface area contributed by atoms with Gasteiger partial charge >= 0.3 is 0 Å². The van der Waals surface area contributed by atoms with E-state index in [4.69, 9.17) is 8.83 Å². The van der Waals surface area contributed by atoms with Crippen LogP contribution < -0.4 is 4.90 Å². The van der Waals surface area contributed by atoms with Crippen molar-refractivity contribution in [2.75, 3.05) is 4.90 Å². The van der Waals surface area contributed by atoms with Gasteiger partial charge in [0.1, 0.15) is 22.3 Å². The molecule has 0 spiro atoms. The summed E-state index contributed by atoms with van der Waals surface area (Å²) in [6.45, 7) is 4.68. The van der Waals surface area contributed by atoms with Gasteiger partial charge < -0.3 is 13.7 Å². The van der Waals surface area contributed by atoms with Gasteiger partial charge in [-0.15, -0.1) is 0 Å². The molecule has 0 N–H and O–H groups in total. The number of furan rings is 2. The van der Waals surface area contributed by atoms with E-state index in [2.05, 4.69) is 231 Å². The zero-order valence-corrected chi connectivity index (χ0v) is 36.6. The van der Waals surface area contributed by atoms with E-state index in [-0.39, 0.29) is 5.41 Å². The Bertz CT molecular complexity index is 3840. The molecule has 66 heavy (non-hydrogen) atoms. The molecule has 3 nitrogen and oxygen atoms in total. The fourth-order valence-electron chi connectivity index (χ4n) is 10.9. The van der Waals surface area contributed by atoms with Crippen LogP contribution in [0.3, 0.4) is 0 Å². The molecule has 2 aromatic heterocycles. The van der Waals surface area contributed by atoms with Crippen molar-refractivity contribution in [3.8, 4) is 55.6 Å². The molecular formula is C63H43NO2. The predicted octanol–water partition coefficient (Wildman–Crippen LogP) is 17.9. The van der Waals surface area contributed by atoms with Crippen molar-refractivity contribution in [1.29, 1.82) is 0 Å². The lowest BCUT2D eigenvalue weighted by atomic mass is 9.82. The number of anilines is 3. The van der Waals surface area contributed by atoms with Crippen molar-refractivity contribution < 1.29 is 8.83 Å². The van der Waals surface area contributed by atoms with Crippen LogP contribution >= 0.6 is 0 Å². The molecule has 3 heteroatoms. The summed E-state index contributed by atoms with van der Waals surface area (Å²) in [4.78, 5) is 2.43. The quantitative estimate of drug-likeness (QED) is 0.160. The Morgan fingerprint density at radius 1 is 0.333 bits per heavy atom. The molecule has 0 atom stereocenters. The summed E-state index contributed by atoms with van der Waals surface area (Å²) >= 11 is 0. The van der Waals surface area contributed by atoms with Crippen molar-refractivity contribution in [3.63, 3.8) is 0 Å². The third-order valence-corrected chi connectivity index (χ3v) is 13.9. The first kappa shape index (κ1) is 38.1. The third-order valence-electron chi connectivity index (χ3n) is 13.9. The second kappa shape index (κ2) is 14.8. The molecule has 0 bridgehead atoms. The van der Waals surface area contributed by atoms with Crippen molar-refractivity contribution in [1.82, 2.24) is 0 Å². The Kier molecular flexibility index (Phi) is 8.56. The first-order valence-electron chi connectivity index (χ1n) is 22.7. The Labute approximate surface area is 383 Å². The molecule has 0 saturated carbocycles. The minimum atomic E-state index is -0.0928. The highest BCUT2D eigenvalue weighted by Gasteiger charge is 2.36. The SMILES string of the molecule is CC1(C)c2ccccc2-c2cc(N(c3ccc(-c4c(-c5ccc6oc7ccccc7c6c5-c5ccccc5)ccc5oc6ccccc6c45)cc3)c3ccccc3-c3ccccc3)ccc21. The van der Waals surface area contributed by atoms with E-state index in [1.54, 1.807) is 0 Å². The monoisotopic (exact) mass is 845 g/mol. The lowest BCUT2D eigenvalue weighted by Gasteiger charge is -2.29. The first-order chi connectivity index (χ1) is 32.5. The van der Waals surface area contributed by atoms with E-state index < -0.39 is 0 Å². The molecule has 13 rings (SSSR count). The smallest absolute Gasteiger partial charge is 0.136 e. The summed E-state index contributed by atoms with van der Waals surface area (Å²) in [5.74, 6) is 0. The Hall–Kier alpha value is -8.40. The summed E-state index contributed by atoms with van der Waals surface area (Å²) < 4.78 is 13.1. The van der Waals surface area contributed by atoms with Crippen LogP contribution in [0.4, 0.5) is 17.1 Å². The molecule has 2 heterocycles. The van der Waals surface area contributed by atoms with Gasteiger partial charge in [0, 0.05) is 55.0 Å². The van der Waals surface area contributed by atoms with Crippen molar-refractivity contribution in [2.45, 2.75) is 19.3 Å². The summed E-state index contributed by atoms with van der Waals surface area (Å²) in [6, 6.07) is 80.9. The topological polar surface area (TPSA) is 29.5 Å². The summed E-state index contributed by atoms with van der Waals surface area (Å²) in [5.41, 5.74) is 21.1. The van der Waals surface area contributed by atoms with Crippen molar-refractivity contribution >= 4 is 60.9 Å². The maximum atomic E-state index is 6.62. The largest absolute Gasteiger partial charge is 0.456 e. The minimum absolute atomic E-state index is 0.0928. The van der Waals surface area contributed by atoms with Crippen LogP contribution in [0.15, 0.2) is 233 Å². The molecule has 0 amide bonds. The Morgan fingerprint density at radius 2 is 0.818 bits per heavy atom.